The summed E-state index contributed by atoms with van der Waals surface area (Å²) in [6, 6.07) is 4.83. The second-order valence-corrected chi connectivity index (χ2v) is 24.5. The minimum Gasteiger partial charge on any atom is -0.493 e. The molecule has 6 aliphatic rings. The minimum absolute atomic E-state index is 0.175. The third-order valence-electron chi connectivity index (χ3n) is 13.7. The van der Waals surface area contributed by atoms with Gasteiger partial charge >= 0.3 is 12.2 Å². The van der Waals surface area contributed by atoms with Crippen molar-refractivity contribution in [3.63, 3.8) is 0 Å². The van der Waals surface area contributed by atoms with Gasteiger partial charge in [-0.2, -0.15) is 0 Å². The fourth-order valence-corrected chi connectivity index (χ4v) is 15.0. The smallest absolute Gasteiger partial charge is 0.416 e. The molecule has 2 aliphatic carbocycles. The lowest BCUT2D eigenvalue weighted by Crippen LogP contribution is -2.51. The number of amides is 4. The van der Waals surface area contributed by atoms with Gasteiger partial charge in [0.05, 0.1) is 71.5 Å². The molecule has 69 heavy (non-hydrogen) atoms. The molecule has 2 N–H and O–H groups in total. The Morgan fingerprint density at radius 3 is 1.41 bits per heavy atom. The number of hydrogen-bond acceptors (Lipinski definition) is 16. The van der Waals surface area contributed by atoms with Crippen LogP contribution >= 0.6 is 43.2 Å². The molecule has 8 rings (SSSR count). The van der Waals surface area contributed by atoms with Gasteiger partial charge in [-0.3, -0.25) is 9.59 Å². The molecule has 4 amide bonds. The van der Waals surface area contributed by atoms with Gasteiger partial charge in [-0.15, -0.1) is 0 Å². The molecule has 16 nitrogen and oxygen atoms in total. The molecule has 2 aromatic rings. The van der Waals surface area contributed by atoms with Crippen molar-refractivity contribution in [1.29, 1.82) is 0 Å². The molecule has 2 saturated heterocycles. The number of unbranched alkanes of at least 4 members (excludes halogenated alkanes) is 2. The number of benzene rings is 2. The van der Waals surface area contributed by atoms with E-state index in [4.69, 9.17) is 28.4 Å². The van der Waals surface area contributed by atoms with Crippen LogP contribution in [0.25, 0.3) is 0 Å². The van der Waals surface area contributed by atoms with E-state index < -0.39 is 36.7 Å². The predicted molar refractivity (Wildman–Crippen MR) is 272 cm³/mol. The third-order valence-corrected chi connectivity index (χ3v) is 20.4. The fourth-order valence-electron chi connectivity index (χ4n) is 9.65. The van der Waals surface area contributed by atoms with Gasteiger partial charge < -0.3 is 48.4 Å². The normalized spacial score (nSPS) is 23.2. The maximum atomic E-state index is 14.1. The number of anilines is 2. The van der Waals surface area contributed by atoms with Gasteiger partial charge in [0.25, 0.3) is 11.8 Å². The monoisotopic (exact) mass is 1030 g/mol. The molecule has 0 radical (unpaired) electrons. The van der Waals surface area contributed by atoms with Crippen LogP contribution in [-0.4, -0.2) is 143 Å². The first-order chi connectivity index (χ1) is 33.3. The highest BCUT2D eigenvalue weighted by atomic mass is 33.1. The number of carbonyl (C=O) groups is 4. The van der Waals surface area contributed by atoms with Crippen LogP contribution in [0.1, 0.15) is 105 Å². The minimum atomic E-state index is -1.39. The van der Waals surface area contributed by atoms with E-state index in [1.165, 1.54) is 24.0 Å². The number of rotatable bonds is 20. The molecule has 4 fully saturated rings. The summed E-state index contributed by atoms with van der Waals surface area (Å²) in [7, 11) is 9.91. The lowest BCUT2D eigenvalue weighted by Gasteiger charge is -2.40. The van der Waals surface area contributed by atoms with Crippen LogP contribution < -0.4 is 28.7 Å². The van der Waals surface area contributed by atoms with Crippen LogP contribution in [0.4, 0.5) is 21.0 Å². The molecule has 4 atom stereocenters. The Labute approximate surface area is 420 Å². The average molecular weight is 1030 g/mol. The molecule has 0 aromatic heterocycles. The first-order valence-electron chi connectivity index (χ1n) is 23.8. The summed E-state index contributed by atoms with van der Waals surface area (Å²) < 4.78 is 35.5. The summed E-state index contributed by atoms with van der Waals surface area (Å²) in [6.45, 7) is 13.7. The van der Waals surface area contributed by atoms with Gasteiger partial charge in [-0.1, -0.05) is 94.2 Å². The van der Waals surface area contributed by atoms with Gasteiger partial charge in [0.2, 0.25) is 0 Å². The third kappa shape index (κ3) is 10.6. The van der Waals surface area contributed by atoms with Gasteiger partial charge in [0.1, 0.15) is 13.2 Å². The van der Waals surface area contributed by atoms with Crippen LogP contribution in [-0.2, 0) is 9.47 Å². The number of methoxy groups -OCH3 is 2. The number of carbonyl (C=O) groups excluding carboxylic acids is 4. The first-order valence-corrected chi connectivity index (χ1v) is 28.4. The maximum Gasteiger partial charge on any atom is 0.416 e. The molecule has 4 aliphatic heterocycles. The standard InChI is InChI=1S/C49H64N4O12S4/c1-7-66-68-48(14-12-15-48)28-64-46(58)52-34-24-40(38(60-5)22-32(34)42(54)50-26-30(3)20-36(50)44(52)56)62-18-10-9-11-19-63-41-25-35-33(23-39(41)61-6)43(55)51-27-31(4)21-37(51)45(57)53(35)47(59)65-29-49(16-13-17-49)69-67-8-2/h22-25,36-37,44-45,56-57H,3-4,7-21,26-29H2,1-2,5-6H3/t36-,37-,44?,45?/m0/s1. The number of ether oxygens (including phenoxy) is 6. The Bertz CT molecular complexity index is 2140. The van der Waals surface area contributed by atoms with Crippen molar-refractivity contribution in [2.75, 3.05) is 75.0 Å². The van der Waals surface area contributed by atoms with E-state index in [2.05, 4.69) is 27.0 Å². The van der Waals surface area contributed by atoms with Crippen LogP contribution in [0.3, 0.4) is 0 Å². The first kappa shape index (κ1) is 51.3. The Balaban J connectivity index is 0.937. The summed E-state index contributed by atoms with van der Waals surface area (Å²) >= 11 is 0. The SMILES string of the molecule is C=C1C[C@H]2C(O)N(C(=O)OCC3(SSCC)CCC3)c3cc(OCCCCCOc4cc5c(cc4OC)C(=O)N4CC(=C)C[C@H]4C(O)N5C(=O)OCC4(SSCC)CCC4)c(OC)cc3C(=O)N2C1. The molecule has 0 bridgehead atoms. The van der Waals surface area contributed by atoms with Crippen molar-refractivity contribution in [1.82, 2.24) is 9.80 Å². The summed E-state index contributed by atoms with van der Waals surface area (Å²) in [4.78, 5) is 61.8. The molecule has 376 valence electrons. The Hall–Kier alpha value is -4.08. The number of fused-ring (bicyclic) bond motifs is 4. The lowest BCUT2D eigenvalue weighted by atomic mass is 9.85. The topological polar surface area (TPSA) is 177 Å². The molecule has 2 saturated carbocycles. The molecule has 0 spiro atoms. The van der Waals surface area contributed by atoms with Crippen LogP contribution in [0.2, 0.25) is 0 Å². The summed E-state index contributed by atoms with van der Waals surface area (Å²) in [5, 5.41) is 23.7. The van der Waals surface area contributed by atoms with Crippen LogP contribution in [0.5, 0.6) is 23.0 Å². The number of aliphatic hydroxyl groups excluding tert-OH is 2. The summed E-state index contributed by atoms with van der Waals surface area (Å²) in [6.07, 6.45) is 4.05. The molecule has 2 aromatic carbocycles. The van der Waals surface area contributed by atoms with Crippen molar-refractivity contribution in [3.8, 4) is 23.0 Å². The van der Waals surface area contributed by atoms with Crippen molar-refractivity contribution < 1.29 is 57.8 Å². The van der Waals surface area contributed by atoms with Gasteiger partial charge in [0, 0.05) is 36.7 Å². The second kappa shape index (κ2) is 22.1. The van der Waals surface area contributed by atoms with Gasteiger partial charge in [0.15, 0.2) is 35.5 Å². The Kier molecular flexibility index (Phi) is 16.5. The van der Waals surface area contributed by atoms with Crippen LogP contribution in [0.15, 0.2) is 48.6 Å². The van der Waals surface area contributed by atoms with Crippen molar-refractivity contribution in [3.05, 3.63) is 59.7 Å². The maximum absolute atomic E-state index is 14.1. The zero-order valence-corrected chi connectivity index (χ0v) is 43.1. The Morgan fingerprint density at radius 1 is 0.652 bits per heavy atom. The van der Waals surface area contributed by atoms with Crippen LogP contribution in [0, 0.1) is 0 Å². The fraction of sp³-hybridized carbons (Fsp3) is 0.592. The number of hydrogen-bond donors (Lipinski definition) is 2. The highest BCUT2D eigenvalue weighted by Crippen LogP contribution is 2.51. The average Bonchev–Trinajstić information content (AvgIpc) is 3.88. The van der Waals surface area contributed by atoms with E-state index in [0.29, 0.717) is 55.1 Å². The second-order valence-electron chi connectivity index (χ2n) is 18.4. The van der Waals surface area contributed by atoms with E-state index in [1.807, 2.05) is 0 Å². The van der Waals surface area contributed by atoms with E-state index in [0.717, 1.165) is 61.2 Å². The lowest BCUT2D eigenvalue weighted by molar-refractivity contribution is 0.0475. The van der Waals surface area contributed by atoms with Crippen molar-refractivity contribution in [2.45, 2.75) is 119 Å². The highest BCUT2D eigenvalue weighted by Gasteiger charge is 2.49. The predicted octanol–water partition coefficient (Wildman–Crippen LogP) is 9.07. The number of nitrogens with zero attached hydrogens (tertiary/aromatic N) is 4. The molecular formula is C49H64N4O12S4. The van der Waals surface area contributed by atoms with E-state index in [-0.39, 0.29) is 83.3 Å². The highest BCUT2D eigenvalue weighted by molar-refractivity contribution is 8.77. The van der Waals surface area contributed by atoms with Crippen molar-refractivity contribution >= 4 is 78.6 Å². The molecule has 2 unspecified atom stereocenters. The molecule has 20 heteroatoms. The Morgan fingerprint density at radius 2 is 1.06 bits per heavy atom. The molecular weight excluding hydrogens is 965 g/mol. The van der Waals surface area contributed by atoms with Crippen molar-refractivity contribution in [2.24, 2.45) is 0 Å². The van der Waals surface area contributed by atoms with Gasteiger partial charge in [-0.05, 0) is 69.9 Å². The van der Waals surface area contributed by atoms with E-state index in [1.54, 1.807) is 77.2 Å². The van der Waals surface area contributed by atoms with E-state index >= 15 is 0 Å². The number of aliphatic hydroxyl groups is 2. The summed E-state index contributed by atoms with van der Waals surface area (Å²) in [5.74, 6) is 2.32. The quantitative estimate of drug-likeness (QED) is 0.0729. The summed E-state index contributed by atoms with van der Waals surface area (Å²) in [5.41, 5.74) is 2.27. The van der Waals surface area contributed by atoms with E-state index in [9.17, 15) is 29.4 Å². The van der Waals surface area contributed by atoms with Gasteiger partial charge in [-0.25, -0.2) is 19.4 Å². The largest absolute Gasteiger partial charge is 0.493 e. The zero-order valence-electron chi connectivity index (χ0n) is 39.9. The zero-order chi connectivity index (χ0) is 49.0. The molecule has 4 heterocycles.